The van der Waals surface area contributed by atoms with E-state index in [4.69, 9.17) is 10.00 Å². The van der Waals surface area contributed by atoms with Crippen molar-refractivity contribution in [2.45, 2.75) is 6.61 Å². The minimum absolute atomic E-state index is 0.0949. The molecule has 0 atom stereocenters. The molecule has 0 aliphatic rings. The van der Waals surface area contributed by atoms with Gasteiger partial charge in [-0.15, -0.1) is 0 Å². The van der Waals surface area contributed by atoms with Crippen LogP contribution in [0.15, 0.2) is 36.7 Å². The zero-order valence-electron chi connectivity index (χ0n) is 9.92. The number of aromatic nitrogens is 1. The van der Waals surface area contributed by atoms with Crippen molar-refractivity contribution in [3.8, 4) is 22.9 Å². The molecule has 0 fully saturated rings. The highest BCUT2D eigenvalue weighted by atomic mass is 16.5. The van der Waals surface area contributed by atoms with Crippen molar-refractivity contribution in [2.75, 3.05) is 7.11 Å². The number of nitrogens with zero attached hydrogens (tertiary/aromatic N) is 2. The van der Waals surface area contributed by atoms with E-state index in [0.717, 1.165) is 11.1 Å². The Morgan fingerprint density at radius 1 is 1.28 bits per heavy atom. The quantitative estimate of drug-likeness (QED) is 0.892. The molecule has 4 heteroatoms. The van der Waals surface area contributed by atoms with Crippen LogP contribution in [0.1, 0.15) is 11.1 Å². The Kier molecular flexibility index (Phi) is 3.56. The monoisotopic (exact) mass is 240 g/mol. The van der Waals surface area contributed by atoms with Gasteiger partial charge < -0.3 is 9.84 Å². The van der Waals surface area contributed by atoms with E-state index in [1.54, 1.807) is 25.4 Å². The van der Waals surface area contributed by atoms with Gasteiger partial charge in [0.2, 0.25) is 0 Å². The molecule has 4 nitrogen and oxygen atoms in total. The molecule has 0 saturated carbocycles. The highest BCUT2D eigenvalue weighted by Gasteiger charge is 2.06. The van der Waals surface area contributed by atoms with Gasteiger partial charge in [-0.3, -0.25) is 4.98 Å². The average molecular weight is 240 g/mol. The molecule has 0 amide bonds. The fourth-order valence-corrected chi connectivity index (χ4v) is 1.74. The van der Waals surface area contributed by atoms with Crippen LogP contribution in [-0.2, 0) is 6.61 Å². The number of hydrogen-bond donors (Lipinski definition) is 1. The molecule has 0 saturated heterocycles. The molecule has 1 N–H and O–H groups in total. The standard InChI is InChI=1S/C14H12N2O2/c1-18-14-3-2-11(5-13(14)9-17)12-4-10(6-15)7-16-8-12/h2-5,7-8,17H,9H2,1H3. The van der Waals surface area contributed by atoms with Crippen LogP contribution < -0.4 is 4.74 Å². The van der Waals surface area contributed by atoms with Crippen molar-refractivity contribution in [1.82, 2.24) is 4.98 Å². The molecule has 1 heterocycles. The van der Waals surface area contributed by atoms with E-state index in [1.165, 1.54) is 6.20 Å². The van der Waals surface area contributed by atoms with E-state index < -0.39 is 0 Å². The van der Waals surface area contributed by atoms with E-state index in [2.05, 4.69) is 11.1 Å². The lowest BCUT2D eigenvalue weighted by atomic mass is 10.0. The first-order valence-electron chi connectivity index (χ1n) is 5.41. The Balaban J connectivity index is 2.48. The highest BCUT2D eigenvalue weighted by Crippen LogP contribution is 2.26. The topological polar surface area (TPSA) is 66.1 Å². The number of nitriles is 1. The number of rotatable bonds is 3. The van der Waals surface area contributed by atoms with Crippen LogP contribution in [-0.4, -0.2) is 17.2 Å². The van der Waals surface area contributed by atoms with Crippen molar-refractivity contribution in [3.63, 3.8) is 0 Å². The third-order valence-corrected chi connectivity index (χ3v) is 2.65. The summed E-state index contributed by atoms with van der Waals surface area (Å²) in [7, 11) is 1.56. The molecular formula is C14H12N2O2. The summed E-state index contributed by atoms with van der Waals surface area (Å²) in [5.41, 5.74) is 2.95. The van der Waals surface area contributed by atoms with E-state index in [-0.39, 0.29) is 6.61 Å². The van der Waals surface area contributed by atoms with Crippen LogP contribution in [0.3, 0.4) is 0 Å². The Morgan fingerprint density at radius 3 is 2.78 bits per heavy atom. The summed E-state index contributed by atoms with van der Waals surface area (Å²) in [6.07, 6.45) is 3.20. The van der Waals surface area contributed by atoms with E-state index >= 15 is 0 Å². The molecule has 0 aliphatic carbocycles. The normalized spacial score (nSPS) is 9.83. The van der Waals surface area contributed by atoms with Gasteiger partial charge >= 0.3 is 0 Å². The van der Waals surface area contributed by atoms with Crippen LogP contribution in [0, 0.1) is 11.3 Å². The van der Waals surface area contributed by atoms with Crippen molar-refractivity contribution in [1.29, 1.82) is 5.26 Å². The Morgan fingerprint density at radius 2 is 2.11 bits per heavy atom. The summed E-state index contributed by atoms with van der Waals surface area (Å²) in [4.78, 5) is 4.01. The molecule has 2 aromatic rings. The fraction of sp³-hybridized carbons (Fsp3) is 0.143. The molecule has 0 unspecified atom stereocenters. The van der Waals surface area contributed by atoms with Crippen molar-refractivity contribution in [3.05, 3.63) is 47.8 Å². The second-order valence-corrected chi connectivity index (χ2v) is 3.76. The Bertz CT molecular complexity index is 603. The third-order valence-electron chi connectivity index (χ3n) is 2.65. The Labute approximate surface area is 105 Å². The van der Waals surface area contributed by atoms with E-state index in [9.17, 15) is 5.11 Å². The number of benzene rings is 1. The van der Waals surface area contributed by atoms with Crippen LogP contribution in [0.2, 0.25) is 0 Å². The lowest BCUT2D eigenvalue weighted by molar-refractivity contribution is 0.274. The SMILES string of the molecule is COc1ccc(-c2cncc(C#N)c2)cc1CO. The van der Waals surface area contributed by atoms with Gasteiger partial charge in [-0.2, -0.15) is 5.26 Å². The van der Waals surface area contributed by atoms with Gasteiger partial charge in [-0.1, -0.05) is 6.07 Å². The summed E-state index contributed by atoms with van der Waals surface area (Å²) < 4.78 is 5.14. The number of hydrogen-bond acceptors (Lipinski definition) is 4. The predicted molar refractivity (Wildman–Crippen MR) is 66.9 cm³/mol. The molecule has 0 bridgehead atoms. The van der Waals surface area contributed by atoms with Gasteiger partial charge in [-0.05, 0) is 23.8 Å². The molecule has 0 aliphatic heterocycles. The zero-order chi connectivity index (χ0) is 13.0. The molecule has 0 spiro atoms. The van der Waals surface area contributed by atoms with Gasteiger partial charge in [0.1, 0.15) is 11.8 Å². The first kappa shape index (κ1) is 12.1. The molecule has 0 radical (unpaired) electrons. The number of pyridine rings is 1. The second-order valence-electron chi connectivity index (χ2n) is 3.76. The van der Waals surface area contributed by atoms with Gasteiger partial charge in [0.15, 0.2) is 0 Å². The number of ether oxygens (including phenoxy) is 1. The minimum atomic E-state index is -0.0949. The molecule has 90 valence electrons. The Hall–Kier alpha value is -2.38. The molecule has 1 aromatic carbocycles. The highest BCUT2D eigenvalue weighted by molar-refractivity contribution is 5.66. The maximum absolute atomic E-state index is 9.27. The van der Waals surface area contributed by atoms with Gasteiger partial charge in [-0.25, -0.2) is 0 Å². The largest absolute Gasteiger partial charge is 0.496 e. The van der Waals surface area contributed by atoms with Gasteiger partial charge in [0.25, 0.3) is 0 Å². The van der Waals surface area contributed by atoms with Crippen molar-refractivity contribution < 1.29 is 9.84 Å². The van der Waals surface area contributed by atoms with Gasteiger partial charge in [0, 0.05) is 23.5 Å². The van der Waals surface area contributed by atoms with Crippen molar-refractivity contribution >= 4 is 0 Å². The van der Waals surface area contributed by atoms with Crippen molar-refractivity contribution in [2.24, 2.45) is 0 Å². The summed E-state index contributed by atoms with van der Waals surface area (Å²) in [5.74, 6) is 0.644. The number of aliphatic hydroxyl groups excluding tert-OH is 1. The van der Waals surface area contributed by atoms with Crippen LogP contribution in [0.5, 0.6) is 5.75 Å². The molecule has 18 heavy (non-hydrogen) atoms. The summed E-state index contributed by atoms with van der Waals surface area (Å²) in [5, 5.41) is 18.1. The first-order valence-corrected chi connectivity index (χ1v) is 5.41. The third kappa shape index (κ3) is 2.31. The summed E-state index contributed by atoms with van der Waals surface area (Å²) in [6.45, 7) is -0.0949. The van der Waals surface area contributed by atoms with Gasteiger partial charge in [0.05, 0.1) is 19.3 Å². The first-order chi connectivity index (χ1) is 8.78. The smallest absolute Gasteiger partial charge is 0.124 e. The lowest BCUT2D eigenvalue weighted by Gasteiger charge is -2.08. The maximum Gasteiger partial charge on any atom is 0.124 e. The maximum atomic E-state index is 9.27. The van der Waals surface area contributed by atoms with E-state index in [1.807, 2.05) is 12.1 Å². The minimum Gasteiger partial charge on any atom is -0.496 e. The zero-order valence-corrected chi connectivity index (χ0v) is 9.92. The van der Waals surface area contributed by atoms with E-state index in [0.29, 0.717) is 16.9 Å². The molecular weight excluding hydrogens is 228 g/mol. The second kappa shape index (κ2) is 5.30. The average Bonchev–Trinajstić information content (AvgIpc) is 2.46. The number of methoxy groups -OCH3 is 1. The number of aliphatic hydroxyl groups is 1. The predicted octanol–water partition coefficient (Wildman–Crippen LogP) is 2.12. The van der Waals surface area contributed by atoms with Crippen LogP contribution in [0.25, 0.3) is 11.1 Å². The lowest BCUT2D eigenvalue weighted by Crippen LogP contribution is -1.93. The molecule has 2 rings (SSSR count). The summed E-state index contributed by atoms with van der Waals surface area (Å²) >= 11 is 0. The van der Waals surface area contributed by atoms with Crippen LogP contribution >= 0.6 is 0 Å². The summed E-state index contributed by atoms with van der Waals surface area (Å²) in [6, 6.07) is 9.30. The fourth-order valence-electron chi connectivity index (χ4n) is 1.74. The molecule has 1 aromatic heterocycles. The van der Waals surface area contributed by atoms with Crippen LogP contribution in [0.4, 0.5) is 0 Å².